The molecule has 5 heteroatoms. The average molecular weight is 366 g/mol. The standard InChI is InChI=1S/C20H31NO3S/c1-15(13-16-9-7-6-8-10-16)14-18(22)17(11-12-25-5)21-19(23)24-20(2,3)4/h6-10,17-18,22H,1,11-14H2,2-5H3,(H,21,23)/t17-,18-/m0/s1. The van der Waals surface area contributed by atoms with Crippen LogP contribution in [0, 0.1) is 0 Å². The van der Waals surface area contributed by atoms with Gasteiger partial charge >= 0.3 is 6.09 Å². The Labute approximate surface area is 156 Å². The first-order valence-electron chi connectivity index (χ1n) is 8.58. The largest absolute Gasteiger partial charge is 0.444 e. The molecule has 1 amide bonds. The molecular formula is C20H31NO3S. The van der Waals surface area contributed by atoms with E-state index in [2.05, 4.69) is 11.9 Å². The summed E-state index contributed by atoms with van der Waals surface area (Å²) in [5, 5.41) is 13.4. The van der Waals surface area contributed by atoms with E-state index in [-0.39, 0.29) is 6.04 Å². The zero-order valence-electron chi connectivity index (χ0n) is 15.7. The first-order chi connectivity index (χ1) is 11.7. The third-order valence-corrected chi connectivity index (χ3v) is 4.24. The van der Waals surface area contributed by atoms with Crippen LogP contribution >= 0.6 is 11.8 Å². The van der Waals surface area contributed by atoms with Crippen molar-refractivity contribution in [2.24, 2.45) is 0 Å². The number of thioether (sulfide) groups is 1. The first kappa shape index (κ1) is 21.6. The van der Waals surface area contributed by atoms with Gasteiger partial charge < -0.3 is 15.2 Å². The Balaban J connectivity index is 2.61. The lowest BCUT2D eigenvalue weighted by molar-refractivity contribution is 0.0419. The lowest BCUT2D eigenvalue weighted by Gasteiger charge is -2.27. The molecule has 1 aromatic rings. The van der Waals surface area contributed by atoms with Crippen LogP contribution in [-0.2, 0) is 11.2 Å². The highest BCUT2D eigenvalue weighted by Gasteiger charge is 2.24. The molecule has 1 rings (SSSR count). The Morgan fingerprint density at radius 3 is 2.52 bits per heavy atom. The molecule has 0 radical (unpaired) electrons. The molecule has 140 valence electrons. The van der Waals surface area contributed by atoms with E-state index in [1.807, 2.05) is 57.4 Å². The number of amides is 1. The highest BCUT2D eigenvalue weighted by Crippen LogP contribution is 2.16. The van der Waals surface area contributed by atoms with E-state index in [1.165, 1.54) is 5.56 Å². The summed E-state index contributed by atoms with van der Waals surface area (Å²) in [5.74, 6) is 0.850. The fourth-order valence-electron chi connectivity index (χ4n) is 2.46. The van der Waals surface area contributed by atoms with E-state index in [4.69, 9.17) is 4.74 Å². The smallest absolute Gasteiger partial charge is 0.407 e. The summed E-state index contributed by atoms with van der Waals surface area (Å²) in [6, 6.07) is 9.69. The van der Waals surface area contributed by atoms with Gasteiger partial charge in [-0.2, -0.15) is 11.8 Å². The molecule has 0 heterocycles. The maximum absolute atomic E-state index is 12.0. The number of rotatable bonds is 9. The van der Waals surface area contributed by atoms with E-state index >= 15 is 0 Å². The van der Waals surface area contributed by atoms with E-state index in [1.54, 1.807) is 11.8 Å². The SMILES string of the molecule is C=C(Cc1ccccc1)C[C@H](O)[C@H](CCSC)NC(=O)OC(C)(C)C. The van der Waals surface area contributed by atoms with Gasteiger partial charge in [-0.25, -0.2) is 4.79 Å². The van der Waals surface area contributed by atoms with Gasteiger partial charge in [0.2, 0.25) is 0 Å². The van der Waals surface area contributed by atoms with Crippen molar-refractivity contribution >= 4 is 17.9 Å². The molecule has 0 unspecified atom stereocenters. The molecule has 0 saturated heterocycles. The van der Waals surface area contributed by atoms with Crippen LogP contribution in [0.3, 0.4) is 0 Å². The Bertz CT molecular complexity index is 540. The second kappa shape index (κ2) is 10.5. The second-order valence-electron chi connectivity index (χ2n) is 7.22. The van der Waals surface area contributed by atoms with Crippen LogP contribution in [-0.4, -0.2) is 41.0 Å². The first-order valence-corrected chi connectivity index (χ1v) is 9.97. The topological polar surface area (TPSA) is 58.6 Å². The minimum atomic E-state index is -0.684. The van der Waals surface area contributed by atoms with Gasteiger partial charge in [0.1, 0.15) is 5.60 Å². The van der Waals surface area contributed by atoms with Gasteiger partial charge in [-0.3, -0.25) is 0 Å². The zero-order valence-corrected chi connectivity index (χ0v) is 16.6. The molecule has 0 aromatic heterocycles. The van der Waals surface area contributed by atoms with Crippen molar-refractivity contribution in [3.05, 3.63) is 48.0 Å². The van der Waals surface area contributed by atoms with Gasteiger partial charge in [-0.1, -0.05) is 42.5 Å². The second-order valence-corrected chi connectivity index (χ2v) is 8.20. The molecule has 0 saturated carbocycles. The molecule has 0 spiro atoms. The minimum Gasteiger partial charge on any atom is -0.444 e. The van der Waals surface area contributed by atoms with E-state index in [0.717, 1.165) is 17.7 Å². The van der Waals surface area contributed by atoms with Crippen LogP contribution in [0.1, 0.15) is 39.2 Å². The number of hydrogen-bond acceptors (Lipinski definition) is 4. The number of aliphatic hydroxyl groups excluding tert-OH is 1. The molecule has 2 atom stereocenters. The molecule has 4 nitrogen and oxygen atoms in total. The van der Waals surface area contributed by atoms with E-state index in [0.29, 0.717) is 12.8 Å². The summed E-state index contributed by atoms with van der Waals surface area (Å²) in [4.78, 5) is 12.0. The predicted molar refractivity (Wildman–Crippen MR) is 106 cm³/mol. The van der Waals surface area contributed by atoms with Crippen molar-refractivity contribution in [2.75, 3.05) is 12.0 Å². The number of hydrogen-bond donors (Lipinski definition) is 2. The number of ether oxygens (including phenoxy) is 1. The highest BCUT2D eigenvalue weighted by atomic mass is 32.2. The molecule has 0 bridgehead atoms. The summed E-state index contributed by atoms with van der Waals surface area (Å²) in [6.07, 6.45) is 2.68. The highest BCUT2D eigenvalue weighted by molar-refractivity contribution is 7.98. The summed E-state index contributed by atoms with van der Waals surface area (Å²) in [5.41, 5.74) is 1.55. The van der Waals surface area contributed by atoms with Crippen LogP contribution in [0.25, 0.3) is 0 Å². The Morgan fingerprint density at radius 1 is 1.32 bits per heavy atom. The predicted octanol–water partition coefficient (Wildman–Crippen LogP) is 4.18. The maximum Gasteiger partial charge on any atom is 0.407 e. The van der Waals surface area contributed by atoms with Crippen molar-refractivity contribution in [2.45, 2.75) is 57.8 Å². The quantitative estimate of drug-likeness (QED) is 0.645. The van der Waals surface area contributed by atoms with Gasteiger partial charge in [-0.05, 0) is 57.6 Å². The van der Waals surface area contributed by atoms with Crippen LogP contribution in [0.5, 0.6) is 0 Å². The normalized spacial score (nSPS) is 13.8. The number of carbonyl (C=O) groups excluding carboxylic acids is 1. The third kappa shape index (κ3) is 9.56. The fraction of sp³-hybridized carbons (Fsp3) is 0.550. The molecular weight excluding hydrogens is 334 g/mol. The molecule has 0 aliphatic rings. The molecule has 1 aromatic carbocycles. The van der Waals surface area contributed by atoms with Crippen molar-refractivity contribution < 1.29 is 14.6 Å². The van der Waals surface area contributed by atoms with Crippen molar-refractivity contribution in [1.29, 1.82) is 0 Å². The molecule has 0 aliphatic carbocycles. The molecule has 2 N–H and O–H groups in total. The van der Waals surface area contributed by atoms with Gasteiger partial charge in [0.15, 0.2) is 0 Å². The number of nitrogens with one attached hydrogen (secondary N) is 1. The molecule has 25 heavy (non-hydrogen) atoms. The van der Waals surface area contributed by atoms with Crippen LogP contribution in [0.4, 0.5) is 4.79 Å². The van der Waals surface area contributed by atoms with E-state index < -0.39 is 17.8 Å². The van der Waals surface area contributed by atoms with Gasteiger partial charge in [0.05, 0.1) is 12.1 Å². The zero-order chi connectivity index (χ0) is 18.9. The third-order valence-electron chi connectivity index (χ3n) is 3.59. The average Bonchev–Trinajstić information content (AvgIpc) is 2.50. The van der Waals surface area contributed by atoms with Gasteiger partial charge in [0.25, 0.3) is 0 Å². The molecule has 0 aliphatic heterocycles. The summed E-state index contributed by atoms with van der Waals surface area (Å²) in [7, 11) is 0. The van der Waals surface area contributed by atoms with Gasteiger partial charge in [-0.15, -0.1) is 0 Å². The van der Waals surface area contributed by atoms with Crippen LogP contribution in [0.15, 0.2) is 42.5 Å². The lowest BCUT2D eigenvalue weighted by atomic mass is 9.97. The maximum atomic E-state index is 12.0. The van der Waals surface area contributed by atoms with Gasteiger partial charge in [0, 0.05) is 0 Å². The summed E-state index contributed by atoms with van der Waals surface area (Å²) >= 11 is 1.68. The Morgan fingerprint density at radius 2 is 1.96 bits per heavy atom. The number of benzene rings is 1. The van der Waals surface area contributed by atoms with E-state index in [9.17, 15) is 9.90 Å². The van der Waals surface area contributed by atoms with Crippen LogP contribution in [0.2, 0.25) is 0 Å². The fourth-order valence-corrected chi connectivity index (χ4v) is 2.95. The Kier molecular flexibility index (Phi) is 9.08. The van der Waals surface area contributed by atoms with Crippen molar-refractivity contribution in [1.82, 2.24) is 5.32 Å². The monoisotopic (exact) mass is 365 g/mol. The number of aliphatic hydroxyl groups is 1. The molecule has 0 fully saturated rings. The lowest BCUT2D eigenvalue weighted by Crippen LogP contribution is -2.46. The number of alkyl carbamates (subject to hydrolysis) is 1. The Hall–Kier alpha value is -1.46. The minimum absolute atomic E-state index is 0.352. The summed E-state index contributed by atoms with van der Waals surface area (Å²) < 4.78 is 5.31. The van der Waals surface area contributed by atoms with Crippen molar-refractivity contribution in [3.63, 3.8) is 0 Å². The number of carbonyl (C=O) groups is 1. The van der Waals surface area contributed by atoms with Crippen molar-refractivity contribution in [3.8, 4) is 0 Å². The van der Waals surface area contributed by atoms with Crippen LogP contribution < -0.4 is 5.32 Å². The summed E-state index contributed by atoms with van der Waals surface area (Å²) in [6.45, 7) is 9.55.